The van der Waals surface area contributed by atoms with Gasteiger partial charge in [0.25, 0.3) is 0 Å². The smallest absolute Gasteiger partial charge is 0.361 e. The van der Waals surface area contributed by atoms with Crippen molar-refractivity contribution in [3.05, 3.63) is 88.2 Å². The molecule has 0 bridgehead atoms. The average Bonchev–Trinajstić information content (AvgIpc) is 3.18. The topological polar surface area (TPSA) is 78.8 Å². The van der Waals surface area contributed by atoms with Crippen molar-refractivity contribution in [3.8, 4) is 0 Å². The van der Waals surface area contributed by atoms with Crippen LogP contribution in [-0.4, -0.2) is 26.1 Å². The largest absolute Gasteiger partial charge is 0.364 e. The Hall–Kier alpha value is -3.41. The molecule has 0 atom stereocenters. The van der Waals surface area contributed by atoms with E-state index in [1.54, 1.807) is 6.21 Å². The SMILES string of the molecule is O=c1[nH]nc(Cc2ccccc2)n1N=Cc1c[nH]c2ccccc12. The zero-order chi connectivity index (χ0) is 16.4. The highest BCUT2D eigenvalue weighted by Gasteiger charge is 2.08. The lowest BCUT2D eigenvalue weighted by molar-refractivity contribution is 0.776. The molecule has 2 N–H and O–H groups in total. The predicted molar refractivity (Wildman–Crippen MR) is 93.4 cm³/mol. The average molecular weight is 317 g/mol. The van der Waals surface area contributed by atoms with Crippen LogP contribution < -0.4 is 5.69 Å². The molecule has 4 aromatic rings. The highest BCUT2D eigenvalue weighted by molar-refractivity contribution is 5.98. The lowest BCUT2D eigenvalue weighted by Gasteiger charge is -2.00. The van der Waals surface area contributed by atoms with E-state index < -0.39 is 0 Å². The van der Waals surface area contributed by atoms with Gasteiger partial charge in [-0.3, -0.25) is 0 Å². The number of hydrogen-bond donors (Lipinski definition) is 2. The van der Waals surface area contributed by atoms with Crippen LogP contribution in [0.1, 0.15) is 17.0 Å². The molecule has 0 aliphatic carbocycles. The number of rotatable bonds is 4. The van der Waals surface area contributed by atoms with Crippen LogP contribution in [0.2, 0.25) is 0 Å². The molecule has 0 fully saturated rings. The van der Waals surface area contributed by atoms with Crippen LogP contribution >= 0.6 is 0 Å². The van der Waals surface area contributed by atoms with Crippen LogP contribution in [0.5, 0.6) is 0 Å². The third-order valence-electron chi connectivity index (χ3n) is 3.86. The maximum atomic E-state index is 12.0. The van der Waals surface area contributed by atoms with E-state index >= 15 is 0 Å². The normalized spacial score (nSPS) is 11.5. The first-order valence-corrected chi connectivity index (χ1v) is 7.62. The van der Waals surface area contributed by atoms with Crippen LogP contribution in [0.25, 0.3) is 10.9 Å². The van der Waals surface area contributed by atoms with Crippen molar-refractivity contribution in [3.63, 3.8) is 0 Å². The third kappa shape index (κ3) is 2.65. The fourth-order valence-electron chi connectivity index (χ4n) is 2.66. The molecule has 24 heavy (non-hydrogen) atoms. The van der Waals surface area contributed by atoms with Gasteiger partial charge in [0.05, 0.1) is 6.21 Å². The van der Waals surface area contributed by atoms with Gasteiger partial charge in [-0.05, 0) is 11.6 Å². The summed E-state index contributed by atoms with van der Waals surface area (Å²) < 4.78 is 1.30. The lowest BCUT2D eigenvalue weighted by atomic mass is 10.1. The van der Waals surface area contributed by atoms with Gasteiger partial charge >= 0.3 is 5.69 Å². The minimum absolute atomic E-state index is 0.350. The monoisotopic (exact) mass is 317 g/mol. The second kappa shape index (κ2) is 6.00. The van der Waals surface area contributed by atoms with Crippen molar-refractivity contribution in [2.75, 3.05) is 0 Å². The zero-order valence-electron chi connectivity index (χ0n) is 12.8. The second-order valence-corrected chi connectivity index (χ2v) is 5.45. The Morgan fingerprint density at radius 1 is 1.08 bits per heavy atom. The van der Waals surface area contributed by atoms with Crippen molar-refractivity contribution in [1.82, 2.24) is 19.9 Å². The van der Waals surface area contributed by atoms with Gasteiger partial charge in [-0.2, -0.15) is 14.9 Å². The van der Waals surface area contributed by atoms with Crippen LogP contribution in [-0.2, 0) is 6.42 Å². The molecule has 0 saturated heterocycles. The lowest BCUT2D eigenvalue weighted by Crippen LogP contribution is -2.15. The summed E-state index contributed by atoms with van der Waals surface area (Å²) in [4.78, 5) is 15.2. The Labute approximate surface area is 137 Å². The fraction of sp³-hybridized carbons (Fsp3) is 0.0556. The Morgan fingerprint density at radius 3 is 2.75 bits per heavy atom. The molecule has 0 saturated carbocycles. The molecule has 0 radical (unpaired) electrons. The molecule has 6 heteroatoms. The van der Waals surface area contributed by atoms with Crippen LogP contribution in [0, 0.1) is 0 Å². The minimum Gasteiger partial charge on any atom is -0.361 e. The molecule has 0 unspecified atom stereocenters. The first-order valence-electron chi connectivity index (χ1n) is 7.62. The third-order valence-corrected chi connectivity index (χ3v) is 3.86. The number of hydrogen-bond acceptors (Lipinski definition) is 3. The molecule has 0 aliphatic heterocycles. The Kier molecular flexibility index (Phi) is 3.55. The van der Waals surface area contributed by atoms with Crippen molar-refractivity contribution >= 4 is 17.1 Å². The van der Waals surface area contributed by atoms with Gasteiger partial charge in [0.1, 0.15) is 0 Å². The van der Waals surface area contributed by atoms with Crippen molar-refractivity contribution in [2.45, 2.75) is 6.42 Å². The molecule has 4 rings (SSSR count). The predicted octanol–water partition coefficient (Wildman–Crippen LogP) is 2.53. The molecule has 118 valence electrons. The minimum atomic E-state index is -0.350. The standard InChI is InChI=1S/C18H15N5O/c24-18-22-21-17(10-13-6-2-1-3-7-13)23(18)20-12-14-11-19-16-9-5-4-8-15(14)16/h1-9,11-12,19H,10H2,(H,22,24). The highest BCUT2D eigenvalue weighted by Crippen LogP contribution is 2.15. The van der Waals surface area contributed by atoms with Gasteiger partial charge in [-0.1, -0.05) is 48.5 Å². The number of nitrogens with one attached hydrogen (secondary N) is 2. The van der Waals surface area contributed by atoms with Gasteiger partial charge in [-0.15, -0.1) is 0 Å². The summed E-state index contributed by atoms with van der Waals surface area (Å²) in [7, 11) is 0. The first kappa shape index (κ1) is 14.2. The molecular weight excluding hydrogens is 302 g/mol. The fourth-order valence-corrected chi connectivity index (χ4v) is 2.66. The number of fused-ring (bicyclic) bond motifs is 1. The van der Waals surface area contributed by atoms with Gasteiger partial charge in [0.15, 0.2) is 5.82 Å². The summed E-state index contributed by atoms with van der Waals surface area (Å²) in [6.07, 6.45) is 4.07. The number of benzene rings is 2. The van der Waals surface area contributed by atoms with Crippen molar-refractivity contribution in [2.24, 2.45) is 5.10 Å². The van der Waals surface area contributed by atoms with Crippen LogP contribution in [0.3, 0.4) is 0 Å². The molecule has 6 nitrogen and oxygen atoms in total. The quantitative estimate of drug-likeness (QED) is 0.567. The number of H-pyrrole nitrogens is 2. The van der Waals surface area contributed by atoms with E-state index in [2.05, 4.69) is 20.3 Å². The maximum Gasteiger partial charge on any atom is 0.364 e. The number of para-hydroxylation sites is 1. The van der Waals surface area contributed by atoms with E-state index in [0.717, 1.165) is 22.0 Å². The van der Waals surface area contributed by atoms with E-state index in [-0.39, 0.29) is 5.69 Å². The number of aromatic amines is 2. The molecule has 2 heterocycles. The van der Waals surface area contributed by atoms with E-state index in [1.165, 1.54) is 4.68 Å². The Morgan fingerprint density at radius 2 is 1.88 bits per heavy atom. The summed E-state index contributed by atoms with van der Waals surface area (Å²) >= 11 is 0. The highest BCUT2D eigenvalue weighted by atomic mass is 16.2. The summed E-state index contributed by atoms with van der Waals surface area (Å²) in [5.41, 5.74) is 2.67. The summed E-state index contributed by atoms with van der Waals surface area (Å²) in [6, 6.07) is 17.8. The molecule has 2 aromatic carbocycles. The molecule has 0 spiro atoms. The summed E-state index contributed by atoms with van der Waals surface area (Å²) in [5.74, 6) is 0.572. The van der Waals surface area contributed by atoms with Crippen molar-refractivity contribution < 1.29 is 0 Å². The molecule has 0 aliphatic rings. The van der Waals surface area contributed by atoms with Gasteiger partial charge < -0.3 is 4.98 Å². The second-order valence-electron chi connectivity index (χ2n) is 5.45. The van der Waals surface area contributed by atoms with E-state index in [0.29, 0.717) is 12.2 Å². The number of nitrogens with zero attached hydrogens (tertiary/aromatic N) is 3. The summed E-state index contributed by atoms with van der Waals surface area (Å²) in [6.45, 7) is 0. The van der Waals surface area contributed by atoms with Gasteiger partial charge in [0, 0.05) is 29.1 Å². The van der Waals surface area contributed by atoms with Crippen LogP contribution in [0.4, 0.5) is 0 Å². The molecule has 0 amide bonds. The van der Waals surface area contributed by atoms with Gasteiger partial charge in [0.2, 0.25) is 0 Å². The number of aromatic nitrogens is 4. The summed E-state index contributed by atoms with van der Waals surface area (Å²) in [5, 5.41) is 11.9. The van der Waals surface area contributed by atoms with Crippen LogP contribution in [0.15, 0.2) is 70.7 Å². The molecule has 2 aromatic heterocycles. The van der Waals surface area contributed by atoms with E-state index in [1.807, 2.05) is 60.8 Å². The maximum absolute atomic E-state index is 12.0. The van der Waals surface area contributed by atoms with E-state index in [4.69, 9.17) is 0 Å². The molecular formula is C18H15N5O. The Bertz CT molecular complexity index is 1060. The van der Waals surface area contributed by atoms with E-state index in [9.17, 15) is 4.79 Å². The Balaban J connectivity index is 1.67. The van der Waals surface area contributed by atoms with Gasteiger partial charge in [-0.25, -0.2) is 9.89 Å². The first-order chi connectivity index (χ1) is 11.8. The van der Waals surface area contributed by atoms with Crippen molar-refractivity contribution in [1.29, 1.82) is 0 Å². The zero-order valence-corrected chi connectivity index (χ0v) is 12.8.